The van der Waals surface area contributed by atoms with Gasteiger partial charge in [0.1, 0.15) is 11.8 Å². The second-order valence-electron chi connectivity index (χ2n) is 15.3. The molecule has 3 heterocycles. The Hall–Kier alpha value is -5.15. The Kier molecular flexibility index (Phi) is 10.2. The van der Waals surface area contributed by atoms with E-state index in [1.807, 2.05) is 36.4 Å². The van der Waals surface area contributed by atoms with E-state index >= 15 is 0 Å². The van der Waals surface area contributed by atoms with E-state index in [4.69, 9.17) is 0 Å². The number of piperidine rings is 2. The third kappa shape index (κ3) is 7.81. The molecule has 0 spiro atoms. The average molecular weight is 712 g/mol. The molecule has 3 amide bonds. The number of anilines is 2. The van der Waals surface area contributed by atoms with Crippen molar-refractivity contribution in [3.63, 3.8) is 0 Å². The van der Waals surface area contributed by atoms with E-state index in [-0.39, 0.29) is 24.2 Å². The first kappa shape index (κ1) is 34.9. The van der Waals surface area contributed by atoms with Gasteiger partial charge in [0.05, 0.1) is 0 Å². The number of hydrogen-bond acceptors (Lipinski definition) is 7. The van der Waals surface area contributed by atoms with E-state index < -0.39 is 11.9 Å². The zero-order chi connectivity index (χ0) is 36.3. The van der Waals surface area contributed by atoms with Crippen LogP contribution in [0.1, 0.15) is 76.6 Å². The minimum Gasteiger partial charge on any atom is -0.508 e. The van der Waals surface area contributed by atoms with Crippen LogP contribution >= 0.6 is 0 Å². The van der Waals surface area contributed by atoms with Gasteiger partial charge in [0, 0.05) is 75.1 Å². The van der Waals surface area contributed by atoms with Gasteiger partial charge in [-0.25, -0.2) is 0 Å². The van der Waals surface area contributed by atoms with E-state index in [1.165, 1.54) is 40.8 Å². The summed E-state index contributed by atoms with van der Waals surface area (Å²) in [5.41, 5.74) is 8.24. The molecule has 0 radical (unpaired) electrons. The summed E-state index contributed by atoms with van der Waals surface area (Å²) in [4.78, 5) is 43.7. The quantitative estimate of drug-likeness (QED) is 0.198. The van der Waals surface area contributed by atoms with Gasteiger partial charge in [-0.2, -0.15) is 0 Å². The predicted octanol–water partition coefficient (Wildman–Crippen LogP) is 5.83. The Morgan fingerprint density at radius 3 is 2.09 bits per heavy atom. The van der Waals surface area contributed by atoms with Crippen LogP contribution in [0.15, 0.2) is 97.1 Å². The van der Waals surface area contributed by atoms with Gasteiger partial charge >= 0.3 is 0 Å². The van der Waals surface area contributed by atoms with Crippen LogP contribution in [0.3, 0.4) is 0 Å². The highest BCUT2D eigenvalue weighted by Crippen LogP contribution is 2.47. The molecule has 4 aliphatic rings. The maximum Gasteiger partial charge on any atom is 0.251 e. The highest BCUT2D eigenvalue weighted by molar-refractivity contribution is 6.03. The number of aryl methyl sites for hydroxylation is 1. The molecule has 53 heavy (non-hydrogen) atoms. The fourth-order valence-corrected chi connectivity index (χ4v) is 8.99. The first-order chi connectivity index (χ1) is 25.9. The lowest BCUT2D eigenvalue weighted by Gasteiger charge is -2.40. The van der Waals surface area contributed by atoms with Crippen LogP contribution in [0.5, 0.6) is 5.75 Å². The van der Waals surface area contributed by atoms with Crippen molar-refractivity contribution in [1.29, 1.82) is 0 Å². The third-order valence-electron chi connectivity index (χ3n) is 12.0. The van der Waals surface area contributed by atoms with Gasteiger partial charge in [0.25, 0.3) is 5.91 Å². The molecule has 0 aromatic heterocycles. The topological polar surface area (TPSA) is 105 Å². The number of phenols is 1. The van der Waals surface area contributed by atoms with Gasteiger partial charge in [-0.3, -0.25) is 24.6 Å². The lowest BCUT2D eigenvalue weighted by molar-refractivity contribution is -0.134. The van der Waals surface area contributed by atoms with Crippen LogP contribution in [-0.2, 0) is 16.0 Å². The second-order valence-corrected chi connectivity index (χ2v) is 15.3. The first-order valence-electron chi connectivity index (χ1n) is 19.3. The number of amides is 3. The number of nitrogens with one attached hydrogen (secondary N) is 2. The summed E-state index contributed by atoms with van der Waals surface area (Å²) in [7, 11) is 0. The predicted molar refractivity (Wildman–Crippen MR) is 208 cm³/mol. The monoisotopic (exact) mass is 711 g/mol. The molecule has 3 atom stereocenters. The SMILES string of the molecule is O=C1CC[C@H](NC(=O)c2ccc(N3CCN(CC4CCN(c5ccc([C@@H]6c7ccc(O)cc7CC[C@@H]6c6ccccc6)cc5)CC4)CC3)cc2)C(=O)N1. The molecule has 4 aromatic rings. The summed E-state index contributed by atoms with van der Waals surface area (Å²) in [6, 6.07) is 33.1. The Balaban J connectivity index is 0.818. The molecule has 9 nitrogen and oxygen atoms in total. The van der Waals surface area contributed by atoms with E-state index in [1.54, 1.807) is 0 Å². The Bertz CT molecular complexity index is 1920. The number of rotatable bonds is 8. The normalized spacial score (nSPS) is 22.6. The number of benzene rings is 4. The van der Waals surface area contributed by atoms with Gasteiger partial charge in [0.15, 0.2) is 0 Å². The molecule has 3 saturated heterocycles. The van der Waals surface area contributed by atoms with Crippen molar-refractivity contribution in [2.24, 2.45) is 5.92 Å². The number of nitrogens with zero attached hydrogens (tertiary/aromatic N) is 3. The second kappa shape index (κ2) is 15.4. The minimum absolute atomic E-state index is 0.233. The molecule has 0 saturated carbocycles. The molecule has 274 valence electrons. The van der Waals surface area contributed by atoms with Crippen LogP contribution in [-0.4, -0.2) is 79.6 Å². The van der Waals surface area contributed by atoms with Gasteiger partial charge < -0.3 is 20.2 Å². The van der Waals surface area contributed by atoms with Crippen LogP contribution in [0.25, 0.3) is 0 Å². The van der Waals surface area contributed by atoms with Crippen molar-refractivity contribution < 1.29 is 19.5 Å². The highest BCUT2D eigenvalue weighted by Gasteiger charge is 2.33. The number of imide groups is 1. The van der Waals surface area contributed by atoms with Crippen molar-refractivity contribution in [2.75, 3.05) is 55.6 Å². The maximum atomic E-state index is 12.7. The van der Waals surface area contributed by atoms with E-state index in [0.717, 1.165) is 64.3 Å². The zero-order valence-electron chi connectivity index (χ0n) is 30.3. The standard InChI is InChI=1S/C44H49N5O4/c50-37-15-17-39-34(28-37)10-16-38(31-4-2-1-3-5-31)42(39)32-6-11-35(12-7-32)48-22-20-30(21-23-48)29-47-24-26-49(27-25-47)36-13-8-33(9-14-36)43(52)45-40-18-19-41(51)46-44(40)53/h1-9,11-15,17,28,30,38,40,42,50H,10,16,18-27,29H2,(H,45,52)(H,46,51,53)/t38-,40+,42+/m1/s1. The Labute approximate surface area is 312 Å². The summed E-state index contributed by atoms with van der Waals surface area (Å²) < 4.78 is 0. The van der Waals surface area contributed by atoms with E-state index in [0.29, 0.717) is 29.6 Å². The molecule has 8 rings (SSSR count). The fourth-order valence-electron chi connectivity index (χ4n) is 8.99. The summed E-state index contributed by atoms with van der Waals surface area (Å²) in [5.74, 6) is 0.677. The van der Waals surface area contributed by atoms with Gasteiger partial charge in [0.2, 0.25) is 11.8 Å². The van der Waals surface area contributed by atoms with Crippen molar-refractivity contribution in [2.45, 2.75) is 56.4 Å². The van der Waals surface area contributed by atoms with Gasteiger partial charge in [-0.15, -0.1) is 0 Å². The number of carbonyl (C=O) groups is 3. The number of fused-ring (bicyclic) bond motifs is 1. The lowest BCUT2D eigenvalue weighted by atomic mass is 9.69. The number of carbonyl (C=O) groups excluding carboxylic acids is 3. The average Bonchev–Trinajstić information content (AvgIpc) is 3.19. The Morgan fingerprint density at radius 1 is 0.717 bits per heavy atom. The lowest BCUT2D eigenvalue weighted by Crippen LogP contribution is -2.52. The van der Waals surface area contributed by atoms with E-state index in [9.17, 15) is 19.5 Å². The number of hydrogen-bond donors (Lipinski definition) is 3. The van der Waals surface area contributed by atoms with Crippen molar-refractivity contribution in [1.82, 2.24) is 15.5 Å². The van der Waals surface area contributed by atoms with Crippen LogP contribution in [0, 0.1) is 5.92 Å². The molecule has 0 bridgehead atoms. The molecule has 4 aromatic carbocycles. The van der Waals surface area contributed by atoms with Gasteiger partial charge in [-0.05, 0) is 115 Å². The van der Waals surface area contributed by atoms with Crippen LogP contribution in [0.4, 0.5) is 11.4 Å². The van der Waals surface area contributed by atoms with Crippen LogP contribution < -0.4 is 20.4 Å². The molecule has 3 aliphatic heterocycles. The first-order valence-corrected chi connectivity index (χ1v) is 19.3. The highest BCUT2D eigenvalue weighted by atomic mass is 16.3. The smallest absolute Gasteiger partial charge is 0.251 e. The molecule has 0 unspecified atom stereocenters. The summed E-state index contributed by atoms with van der Waals surface area (Å²) in [6.45, 7) is 7.23. The molecular formula is C44H49N5O4. The third-order valence-corrected chi connectivity index (χ3v) is 12.0. The summed E-state index contributed by atoms with van der Waals surface area (Å²) >= 11 is 0. The zero-order valence-corrected chi connectivity index (χ0v) is 30.3. The summed E-state index contributed by atoms with van der Waals surface area (Å²) in [5, 5.41) is 15.2. The largest absolute Gasteiger partial charge is 0.508 e. The Morgan fingerprint density at radius 2 is 1.40 bits per heavy atom. The molecule has 3 fully saturated rings. The maximum absolute atomic E-state index is 12.7. The molecule has 9 heteroatoms. The number of phenolic OH excluding ortho intramolecular Hbond substituents is 1. The molecular weight excluding hydrogens is 663 g/mol. The molecule has 3 N–H and O–H groups in total. The van der Waals surface area contributed by atoms with Gasteiger partial charge in [-0.1, -0.05) is 48.5 Å². The van der Waals surface area contributed by atoms with Crippen molar-refractivity contribution in [3.8, 4) is 5.75 Å². The van der Waals surface area contributed by atoms with Crippen molar-refractivity contribution in [3.05, 3.63) is 125 Å². The molecule has 1 aliphatic carbocycles. The fraction of sp³-hybridized carbons (Fsp3) is 0.386. The van der Waals surface area contributed by atoms with E-state index in [2.05, 4.69) is 86.0 Å². The minimum atomic E-state index is -0.677. The van der Waals surface area contributed by atoms with Crippen LogP contribution in [0.2, 0.25) is 0 Å². The van der Waals surface area contributed by atoms with Crippen molar-refractivity contribution >= 4 is 29.1 Å². The number of piperazine rings is 1. The summed E-state index contributed by atoms with van der Waals surface area (Å²) in [6.07, 6.45) is 5.00. The number of aromatic hydroxyl groups is 1.